The van der Waals surface area contributed by atoms with E-state index < -0.39 is 11.9 Å². The van der Waals surface area contributed by atoms with Crippen LogP contribution >= 0.6 is 11.6 Å². The molecular weight excluding hydrogens is 434 g/mol. The van der Waals surface area contributed by atoms with E-state index >= 15 is 0 Å². The molecule has 1 saturated heterocycles. The number of hydrogen-bond donors (Lipinski definition) is 1. The van der Waals surface area contributed by atoms with Crippen molar-refractivity contribution in [2.75, 3.05) is 19.7 Å². The maximum Gasteiger partial charge on any atom is 0.308 e. The van der Waals surface area contributed by atoms with Gasteiger partial charge in [-0.25, -0.2) is 0 Å². The molecule has 1 aliphatic heterocycles. The van der Waals surface area contributed by atoms with E-state index in [1.165, 1.54) is 4.90 Å². The maximum absolute atomic E-state index is 13.1. The number of carbonyl (C=O) groups is 2. The second-order valence-corrected chi connectivity index (χ2v) is 8.27. The number of nitrogens with zero attached hydrogens (tertiary/aromatic N) is 1. The number of aryl methyl sites for hydroxylation is 1. The minimum Gasteiger partial charge on any atom is -0.484 e. The molecule has 2 aromatic carbocycles. The zero-order chi connectivity index (χ0) is 22.8. The Hall–Kier alpha value is -3.32. The highest BCUT2D eigenvalue weighted by Crippen LogP contribution is 2.27. The van der Waals surface area contributed by atoms with E-state index in [2.05, 4.69) is 0 Å². The summed E-state index contributed by atoms with van der Waals surface area (Å²) < 4.78 is 11.5. The lowest BCUT2D eigenvalue weighted by atomic mass is 9.98. The second-order valence-electron chi connectivity index (χ2n) is 7.83. The van der Waals surface area contributed by atoms with Crippen LogP contribution in [0.3, 0.4) is 0 Å². The quantitative estimate of drug-likeness (QED) is 0.621. The van der Waals surface area contributed by atoms with Crippen LogP contribution in [-0.2, 0) is 9.59 Å². The summed E-state index contributed by atoms with van der Waals surface area (Å²) in [7, 11) is 0. The van der Waals surface area contributed by atoms with Crippen LogP contribution in [0.2, 0.25) is 5.02 Å². The summed E-state index contributed by atoms with van der Waals surface area (Å²) >= 11 is 5.95. The Labute approximate surface area is 189 Å². The fourth-order valence-corrected chi connectivity index (χ4v) is 4.09. The lowest BCUT2D eigenvalue weighted by molar-refractivity contribution is -0.146. The molecule has 0 aliphatic carbocycles. The first kappa shape index (κ1) is 21.9. The monoisotopic (exact) mass is 455 g/mol. The molecule has 1 fully saturated rings. The molecule has 2 heterocycles. The molecule has 32 heavy (non-hydrogen) atoms. The molecule has 0 radical (unpaired) electrons. The Morgan fingerprint density at radius 2 is 1.97 bits per heavy atom. The third kappa shape index (κ3) is 4.48. The Kier molecular flexibility index (Phi) is 6.19. The van der Waals surface area contributed by atoms with Gasteiger partial charge in [0, 0.05) is 24.2 Å². The number of carbonyl (C=O) groups excluding carboxylic acids is 1. The zero-order valence-electron chi connectivity index (χ0n) is 17.5. The van der Waals surface area contributed by atoms with Crippen LogP contribution in [0.5, 0.6) is 5.75 Å². The highest BCUT2D eigenvalue weighted by Gasteiger charge is 2.28. The van der Waals surface area contributed by atoms with Gasteiger partial charge in [-0.05, 0) is 49.6 Å². The number of amides is 1. The molecule has 0 bridgehead atoms. The topological polar surface area (TPSA) is 97.1 Å². The van der Waals surface area contributed by atoms with Gasteiger partial charge in [0.15, 0.2) is 6.61 Å². The smallest absolute Gasteiger partial charge is 0.308 e. The minimum absolute atomic E-state index is 0.165. The molecule has 1 aliphatic rings. The number of carboxylic acid groups (broad SMARTS) is 1. The van der Waals surface area contributed by atoms with E-state index in [9.17, 15) is 19.5 Å². The normalized spacial score (nSPS) is 16.2. The Morgan fingerprint density at radius 3 is 2.69 bits per heavy atom. The average molecular weight is 456 g/mol. The molecular formula is C24H22ClNO6. The van der Waals surface area contributed by atoms with Crippen molar-refractivity contribution in [3.05, 3.63) is 63.5 Å². The summed E-state index contributed by atoms with van der Waals surface area (Å²) in [5.74, 6) is -0.848. The van der Waals surface area contributed by atoms with Crippen LogP contribution in [0.1, 0.15) is 18.6 Å². The van der Waals surface area contributed by atoms with Crippen LogP contribution in [0.25, 0.3) is 22.1 Å². The van der Waals surface area contributed by atoms with Gasteiger partial charge in [-0.15, -0.1) is 0 Å². The van der Waals surface area contributed by atoms with Gasteiger partial charge < -0.3 is 19.2 Å². The van der Waals surface area contributed by atoms with E-state index in [1.807, 2.05) is 0 Å². The lowest BCUT2D eigenvalue weighted by Crippen LogP contribution is -2.44. The van der Waals surface area contributed by atoms with Gasteiger partial charge in [0.1, 0.15) is 17.1 Å². The van der Waals surface area contributed by atoms with Crippen LogP contribution in [0, 0.1) is 12.8 Å². The first-order chi connectivity index (χ1) is 15.3. The largest absolute Gasteiger partial charge is 0.484 e. The van der Waals surface area contributed by atoms with Crippen molar-refractivity contribution in [1.29, 1.82) is 0 Å². The lowest BCUT2D eigenvalue weighted by Gasteiger charge is -2.30. The number of fused-ring (bicyclic) bond motifs is 1. The van der Waals surface area contributed by atoms with E-state index in [1.54, 1.807) is 49.4 Å². The minimum atomic E-state index is -0.888. The van der Waals surface area contributed by atoms with Crippen molar-refractivity contribution in [3.63, 3.8) is 0 Å². The zero-order valence-corrected chi connectivity index (χ0v) is 18.2. The van der Waals surface area contributed by atoms with Crippen LogP contribution in [-0.4, -0.2) is 41.6 Å². The SMILES string of the molecule is Cc1oc2cc(OCC(=O)N3CCCC(C(=O)O)C3)ccc2c(=O)c1-c1ccc(Cl)cc1. The fourth-order valence-electron chi connectivity index (χ4n) is 3.97. The Bertz CT molecular complexity index is 1230. The van der Waals surface area contributed by atoms with Crippen molar-refractivity contribution in [3.8, 4) is 16.9 Å². The van der Waals surface area contributed by atoms with Crippen LogP contribution in [0.4, 0.5) is 0 Å². The molecule has 8 heteroatoms. The summed E-state index contributed by atoms with van der Waals surface area (Å²) in [5, 5.41) is 10.2. The number of rotatable bonds is 5. The second kappa shape index (κ2) is 9.04. The highest BCUT2D eigenvalue weighted by atomic mass is 35.5. The Balaban J connectivity index is 1.52. The molecule has 4 rings (SSSR count). The summed E-state index contributed by atoms with van der Waals surface area (Å²) in [6.07, 6.45) is 1.22. The van der Waals surface area contributed by atoms with E-state index in [0.29, 0.717) is 52.5 Å². The maximum atomic E-state index is 13.1. The number of ether oxygens (including phenoxy) is 1. The summed E-state index contributed by atoms with van der Waals surface area (Å²) in [4.78, 5) is 38.2. The summed E-state index contributed by atoms with van der Waals surface area (Å²) in [5.41, 5.74) is 1.38. The van der Waals surface area contributed by atoms with E-state index in [4.69, 9.17) is 20.8 Å². The van der Waals surface area contributed by atoms with Crippen molar-refractivity contribution in [1.82, 2.24) is 4.90 Å². The number of carboxylic acids is 1. The van der Waals surface area contributed by atoms with Gasteiger partial charge in [0.2, 0.25) is 5.43 Å². The molecule has 1 aromatic heterocycles. The first-order valence-electron chi connectivity index (χ1n) is 10.3. The van der Waals surface area contributed by atoms with Gasteiger partial charge >= 0.3 is 5.97 Å². The highest BCUT2D eigenvalue weighted by molar-refractivity contribution is 6.30. The van der Waals surface area contributed by atoms with Gasteiger partial charge in [0.05, 0.1) is 16.9 Å². The molecule has 1 unspecified atom stereocenters. The number of halogens is 1. The number of benzene rings is 2. The molecule has 1 amide bonds. The molecule has 7 nitrogen and oxygen atoms in total. The van der Waals surface area contributed by atoms with Crippen molar-refractivity contribution < 1.29 is 23.8 Å². The predicted octanol–water partition coefficient (Wildman–Crippen LogP) is 4.12. The standard InChI is InChI=1S/C24H22ClNO6/c1-14-22(15-4-6-17(25)7-5-15)23(28)19-9-8-18(11-20(19)32-14)31-13-21(27)26-10-2-3-16(12-26)24(29)30/h4-9,11,16H,2-3,10,12-13H2,1H3,(H,29,30). The van der Waals surface area contributed by atoms with Gasteiger partial charge in [0.25, 0.3) is 5.91 Å². The van der Waals surface area contributed by atoms with Crippen LogP contribution < -0.4 is 10.2 Å². The average Bonchev–Trinajstić information content (AvgIpc) is 2.78. The summed E-state index contributed by atoms with van der Waals surface area (Å²) in [6.45, 7) is 2.21. The van der Waals surface area contributed by atoms with E-state index in [0.717, 1.165) is 5.56 Å². The summed E-state index contributed by atoms with van der Waals surface area (Å²) in [6, 6.07) is 11.8. The molecule has 166 valence electrons. The third-order valence-electron chi connectivity index (χ3n) is 5.66. The number of aliphatic carboxylic acids is 1. The molecule has 3 aromatic rings. The number of piperidine rings is 1. The van der Waals surface area contributed by atoms with Crippen LogP contribution in [0.15, 0.2) is 51.7 Å². The van der Waals surface area contributed by atoms with E-state index in [-0.39, 0.29) is 24.5 Å². The van der Waals surface area contributed by atoms with Gasteiger partial charge in [-0.2, -0.15) is 0 Å². The fraction of sp³-hybridized carbons (Fsp3) is 0.292. The van der Waals surface area contributed by atoms with Crippen molar-refractivity contribution in [2.24, 2.45) is 5.92 Å². The van der Waals surface area contributed by atoms with Gasteiger partial charge in [-0.3, -0.25) is 14.4 Å². The molecule has 1 N–H and O–H groups in total. The molecule has 0 spiro atoms. The van der Waals surface area contributed by atoms with Crippen molar-refractivity contribution in [2.45, 2.75) is 19.8 Å². The number of likely N-dealkylation sites (tertiary alicyclic amines) is 1. The third-order valence-corrected chi connectivity index (χ3v) is 5.91. The molecule has 0 saturated carbocycles. The Morgan fingerprint density at radius 1 is 1.22 bits per heavy atom. The van der Waals surface area contributed by atoms with Gasteiger partial charge in [-0.1, -0.05) is 23.7 Å². The first-order valence-corrected chi connectivity index (χ1v) is 10.7. The predicted molar refractivity (Wildman–Crippen MR) is 120 cm³/mol. The van der Waals surface area contributed by atoms with Crippen molar-refractivity contribution >= 4 is 34.4 Å². The molecule has 1 atom stereocenters. The number of hydrogen-bond acceptors (Lipinski definition) is 5.